The molecule has 0 radical (unpaired) electrons. The molecule has 2 aromatic heterocycles. The van der Waals surface area contributed by atoms with Gasteiger partial charge in [0, 0.05) is 24.0 Å². The number of nitrogens with zero attached hydrogens (tertiary/aromatic N) is 2. The van der Waals surface area contributed by atoms with E-state index in [0.717, 1.165) is 10.7 Å². The quantitative estimate of drug-likeness (QED) is 0.795. The van der Waals surface area contributed by atoms with Gasteiger partial charge in [0.2, 0.25) is 0 Å². The van der Waals surface area contributed by atoms with Crippen molar-refractivity contribution in [1.29, 1.82) is 0 Å². The minimum atomic E-state index is -0.439. The molecule has 1 amide bonds. The third-order valence-electron chi connectivity index (χ3n) is 3.94. The summed E-state index contributed by atoms with van der Waals surface area (Å²) in [5.74, 6) is -0.201. The summed E-state index contributed by atoms with van der Waals surface area (Å²) in [6.45, 7) is 10.2. The number of aromatic amines is 1. The smallest absolute Gasteiger partial charge is 0.355 e. The number of thiazole rings is 1. The number of rotatable bonds is 6. The first-order valence-electron chi connectivity index (χ1n) is 8.32. The zero-order valence-electron chi connectivity index (χ0n) is 15.6. The van der Waals surface area contributed by atoms with Crippen molar-refractivity contribution in [2.24, 2.45) is 0 Å². The van der Waals surface area contributed by atoms with Gasteiger partial charge in [-0.15, -0.1) is 11.3 Å². The van der Waals surface area contributed by atoms with Gasteiger partial charge in [-0.05, 0) is 26.3 Å². The summed E-state index contributed by atoms with van der Waals surface area (Å²) in [6, 6.07) is 0. The molecular weight excluding hydrogens is 338 g/mol. The van der Waals surface area contributed by atoms with Gasteiger partial charge in [0.25, 0.3) is 5.91 Å². The van der Waals surface area contributed by atoms with Crippen molar-refractivity contribution in [3.05, 3.63) is 38.6 Å². The number of hydrogen-bond acceptors (Lipinski definition) is 5. The third-order valence-corrected chi connectivity index (χ3v) is 5.13. The van der Waals surface area contributed by atoms with Crippen molar-refractivity contribution >= 4 is 23.2 Å². The molecule has 0 fully saturated rings. The highest BCUT2D eigenvalue weighted by Crippen LogP contribution is 2.23. The van der Waals surface area contributed by atoms with E-state index in [1.54, 1.807) is 44.1 Å². The second kappa shape index (κ2) is 7.82. The lowest BCUT2D eigenvalue weighted by atomic mass is 10.1. The number of carbonyl (C=O) groups is 2. The van der Waals surface area contributed by atoms with E-state index >= 15 is 0 Å². The van der Waals surface area contributed by atoms with E-state index in [1.807, 2.05) is 5.38 Å². The van der Waals surface area contributed by atoms with E-state index in [-0.39, 0.29) is 5.91 Å². The molecule has 0 aromatic carbocycles. The fraction of sp³-hybridized carbons (Fsp3) is 0.500. The van der Waals surface area contributed by atoms with Gasteiger partial charge < -0.3 is 14.6 Å². The van der Waals surface area contributed by atoms with E-state index in [9.17, 15) is 9.59 Å². The maximum Gasteiger partial charge on any atom is 0.355 e. The predicted octanol–water partition coefficient (Wildman–Crippen LogP) is 3.66. The van der Waals surface area contributed by atoms with Gasteiger partial charge >= 0.3 is 5.97 Å². The van der Waals surface area contributed by atoms with Crippen molar-refractivity contribution in [2.45, 2.75) is 47.1 Å². The van der Waals surface area contributed by atoms with Crippen LogP contribution in [0.4, 0.5) is 0 Å². The second-order valence-corrected chi connectivity index (χ2v) is 7.23. The Labute approximate surface area is 152 Å². The molecule has 0 saturated heterocycles. The Kier molecular flexibility index (Phi) is 6.00. The second-order valence-electron chi connectivity index (χ2n) is 6.34. The lowest BCUT2D eigenvalue weighted by Crippen LogP contribution is -2.27. The number of aromatic nitrogens is 2. The molecule has 2 heterocycles. The fourth-order valence-electron chi connectivity index (χ4n) is 2.64. The van der Waals surface area contributed by atoms with Gasteiger partial charge in [-0.3, -0.25) is 4.79 Å². The zero-order valence-corrected chi connectivity index (χ0v) is 16.4. The van der Waals surface area contributed by atoms with Gasteiger partial charge in [-0.2, -0.15) is 0 Å². The number of carbonyl (C=O) groups excluding carboxylic acids is 2. The number of ether oxygens (including phenoxy) is 1. The van der Waals surface area contributed by atoms with Crippen molar-refractivity contribution < 1.29 is 14.3 Å². The Balaban J connectivity index is 2.20. The molecule has 7 heteroatoms. The SMILES string of the molecule is CCOC(=O)c1[nH]c(C)c(C(=O)N(C)Cc2csc(C(C)C)n2)c1C. The van der Waals surface area contributed by atoms with Gasteiger partial charge in [-0.25, -0.2) is 9.78 Å². The summed E-state index contributed by atoms with van der Waals surface area (Å²) in [6.07, 6.45) is 0. The van der Waals surface area contributed by atoms with Crippen LogP contribution in [-0.2, 0) is 11.3 Å². The van der Waals surface area contributed by atoms with Crippen LogP contribution in [0.15, 0.2) is 5.38 Å². The lowest BCUT2D eigenvalue weighted by molar-refractivity contribution is 0.0519. The Morgan fingerprint density at radius 1 is 1.36 bits per heavy atom. The normalized spacial score (nSPS) is 11.0. The highest BCUT2D eigenvalue weighted by Gasteiger charge is 2.25. The highest BCUT2D eigenvalue weighted by atomic mass is 32.1. The Hall–Kier alpha value is -2.15. The molecule has 136 valence electrons. The molecule has 25 heavy (non-hydrogen) atoms. The van der Waals surface area contributed by atoms with Gasteiger partial charge in [0.05, 0.1) is 29.4 Å². The molecule has 2 aromatic rings. The zero-order chi connectivity index (χ0) is 18.7. The molecule has 0 aliphatic carbocycles. The molecule has 0 unspecified atom stereocenters. The summed E-state index contributed by atoms with van der Waals surface area (Å²) >= 11 is 1.61. The summed E-state index contributed by atoms with van der Waals surface area (Å²) in [4.78, 5) is 34.0. The molecular formula is C18H25N3O3S. The molecule has 2 rings (SSSR count). The molecule has 0 aliphatic heterocycles. The van der Waals surface area contributed by atoms with Crippen molar-refractivity contribution in [1.82, 2.24) is 14.9 Å². The van der Waals surface area contributed by atoms with E-state index in [1.165, 1.54) is 0 Å². The van der Waals surface area contributed by atoms with E-state index < -0.39 is 5.97 Å². The first-order valence-corrected chi connectivity index (χ1v) is 9.20. The average molecular weight is 363 g/mol. The van der Waals surface area contributed by atoms with E-state index in [0.29, 0.717) is 41.6 Å². The Bertz CT molecular complexity index is 777. The monoisotopic (exact) mass is 363 g/mol. The van der Waals surface area contributed by atoms with Crippen molar-refractivity contribution in [3.8, 4) is 0 Å². The molecule has 0 saturated carbocycles. The van der Waals surface area contributed by atoms with Gasteiger partial charge in [-0.1, -0.05) is 13.8 Å². The fourth-order valence-corrected chi connectivity index (χ4v) is 3.47. The van der Waals surface area contributed by atoms with Crippen LogP contribution in [0.2, 0.25) is 0 Å². The van der Waals surface area contributed by atoms with E-state index in [4.69, 9.17) is 4.74 Å². The Morgan fingerprint density at radius 3 is 2.60 bits per heavy atom. The molecule has 6 nitrogen and oxygen atoms in total. The van der Waals surface area contributed by atoms with Gasteiger partial charge in [0.15, 0.2) is 0 Å². The topological polar surface area (TPSA) is 75.3 Å². The summed E-state index contributed by atoms with van der Waals surface area (Å²) in [5.41, 5.74) is 3.02. The lowest BCUT2D eigenvalue weighted by Gasteiger charge is -2.16. The number of amides is 1. The molecule has 0 aliphatic rings. The highest BCUT2D eigenvalue weighted by molar-refractivity contribution is 7.09. The van der Waals surface area contributed by atoms with Gasteiger partial charge in [0.1, 0.15) is 5.69 Å². The Morgan fingerprint density at radius 2 is 2.04 bits per heavy atom. The summed E-state index contributed by atoms with van der Waals surface area (Å²) in [5, 5.41) is 3.05. The van der Waals surface area contributed by atoms with Crippen LogP contribution in [-0.4, -0.2) is 40.4 Å². The molecule has 1 N–H and O–H groups in total. The number of hydrogen-bond donors (Lipinski definition) is 1. The minimum Gasteiger partial charge on any atom is -0.461 e. The predicted molar refractivity (Wildman–Crippen MR) is 98.2 cm³/mol. The van der Waals surface area contributed by atoms with Crippen LogP contribution in [0.5, 0.6) is 0 Å². The number of H-pyrrole nitrogens is 1. The van der Waals surface area contributed by atoms with Crippen LogP contribution >= 0.6 is 11.3 Å². The first-order chi connectivity index (χ1) is 11.8. The number of aryl methyl sites for hydroxylation is 1. The first kappa shape index (κ1) is 19.2. The maximum atomic E-state index is 12.9. The van der Waals surface area contributed by atoms with Crippen molar-refractivity contribution in [2.75, 3.05) is 13.7 Å². The molecule has 0 spiro atoms. The standard InChI is InChI=1S/C18H25N3O3S/c1-7-24-18(23)15-11(4)14(12(5)19-15)17(22)21(6)8-13-9-25-16(20-13)10(2)3/h9-10,19H,7-8H2,1-6H3. The van der Waals surface area contributed by atoms with Crippen LogP contribution in [0.3, 0.4) is 0 Å². The molecule has 0 bridgehead atoms. The summed E-state index contributed by atoms with van der Waals surface area (Å²) < 4.78 is 5.03. The maximum absolute atomic E-state index is 12.9. The van der Waals surface area contributed by atoms with Crippen LogP contribution < -0.4 is 0 Å². The van der Waals surface area contributed by atoms with Crippen LogP contribution in [0, 0.1) is 13.8 Å². The summed E-state index contributed by atoms with van der Waals surface area (Å²) in [7, 11) is 1.74. The number of esters is 1. The number of nitrogens with one attached hydrogen (secondary N) is 1. The van der Waals surface area contributed by atoms with E-state index in [2.05, 4.69) is 23.8 Å². The largest absolute Gasteiger partial charge is 0.461 e. The molecule has 0 atom stereocenters. The van der Waals surface area contributed by atoms with Crippen molar-refractivity contribution in [3.63, 3.8) is 0 Å². The minimum absolute atomic E-state index is 0.138. The third kappa shape index (κ3) is 4.10. The van der Waals surface area contributed by atoms with Crippen LogP contribution in [0.25, 0.3) is 0 Å². The average Bonchev–Trinajstić information content (AvgIpc) is 3.12. The van der Waals surface area contributed by atoms with Crippen LogP contribution in [0.1, 0.15) is 69.5 Å².